The second-order valence-electron chi connectivity index (χ2n) is 0.0583. The molecule has 4 heteroatoms. The summed E-state index contributed by atoms with van der Waals surface area (Å²) in [6, 6.07) is 0. The molecule has 0 aliphatic rings. The Kier molecular flexibility index (Phi) is 20.2. The van der Waals surface area contributed by atoms with E-state index in [1.54, 1.807) is 0 Å². The van der Waals surface area contributed by atoms with E-state index < -0.39 is 0 Å². The van der Waals surface area contributed by atoms with Gasteiger partial charge in [-0.2, -0.15) is 0 Å². The molecule has 0 amide bonds. The predicted octanol–water partition coefficient (Wildman–Crippen LogP) is 2.65. The number of rotatable bonds is 0. The molecule has 0 aromatic rings. The molecule has 0 aliphatic carbocycles. The first-order chi connectivity index (χ1) is 1.41. The van der Waals surface area contributed by atoms with Crippen molar-refractivity contribution in [3.63, 3.8) is 0 Å². The summed E-state index contributed by atoms with van der Waals surface area (Å²) in [6.45, 7) is 0. The molecule has 28 valence electrons. The summed E-state index contributed by atoms with van der Waals surface area (Å²) in [7, 11) is 10.1. The van der Waals surface area contributed by atoms with Crippen LogP contribution in [-0.4, -0.2) is 0 Å². The van der Waals surface area contributed by atoms with Gasteiger partial charge in [0.15, 0.2) is 0 Å². The predicted molar refractivity (Wildman–Crippen MR) is 34.7 cm³/mol. The second kappa shape index (κ2) is 8.82. The zero-order chi connectivity index (χ0) is 2.71. The lowest BCUT2D eigenvalue weighted by molar-refractivity contribution is 5.06. The number of halogens is 3. The van der Waals surface area contributed by atoms with E-state index in [1.165, 1.54) is 0 Å². The minimum Gasteiger partial charge on any atom is -0.107 e. The monoisotopic (exact) mass is 230 g/mol. The molecule has 0 heterocycles. The third-order valence-corrected chi connectivity index (χ3v) is 0. The van der Waals surface area contributed by atoms with E-state index in [0.717, 1.165) is 0 Å². The lowest BCUT2D eigenvalue weighted by atomic mass is 31.6. The molecule has 0 bridgehead atoms. The van der Waals surface area contributed by atoms with Crippen molar-refractivity contribution in [1.29, 1.82) is 0 Å². The standard InChI is InChI=1S/Cl2S.HI/c1-3-2;/h;1H. The highest BCUT2D eigenvalue weighted by Crippen LogP contribution is 2.08. The molecule has 0 rings (SSSR count). The summed E-state index contributed by atoms with van der Waals surface area (Å²) in [4.78, 5) is 0. The van der Waals surface area contributed by atoms with Gasteiger partial charge < -0.3 is 0 Å². The molecule has 0 atom stereocenters. The van der Waals surface area contributed by atoms with E-state index in [-0.39, 0.29) is 24.0 Å². The highest BCUT2D eigenvalue weighted by molar-refractivity contribution is 14.0. The molecule has 4 heavy (non-hydrogen) atoms. The van der Waals surface area contributed by atoms with Gasteiger partial charge in [0.2, 0.25) is 0 Å². The SMILES string of the molecule is ClSCl.I. The summed E-state index contributed by atoms with van der Waals surface area (Å²) in [5.74, 6) is 0. The largest absolute Gasteiger partial charge is 0.107 e. The van der Waals surface area contributed by atoms with Crippen molar-refractivity contribution in [1.82, 2.24) is 0 Å². The Labute approximate surface area is 55.3 Å². The van der Waals surface area contributed by atoms with Gasteiger partial charge in [-0.1, -0.05) is 0 Å². The lowest BCUT2D eigenvalue weighted by Gasteiger charge is -1.40. The van der Waals surface area contributed by atoms with Gasteiger partial charge in [-0.15, -0.1) is 24.0 Å². The molecule has 0 saturated heterocycles. The fourth-order valence-corrected chi connectivity index (χ4v) is 0. The van der Waals surface area contributed by atoms with Gasteiger partial charge in [-0.3, -0.25) is 0 Å². The van der Waals surface area contributed by atoms with E-state index in [9.17, 15) is 0 Å². The topological polar surface area (TPSA) is 0 Å². The van der Waals surface area contributed by atoms with Crippen LogP contribution in [0.2, 0.25) is 0 Å². The van der Waals surface area contributed by atoms with Crippen molar-refractivity contribution >= 4 is 55.5 Å². The minimum atomic E-state index is 0. The van der Waals surface area contributed by atoms with Crippen LogP contribution in [-0.2, 0) is 0 Å². The van der Waals surface area contributed by atoms with Crippen molar-refractivity contribution in [2.75, 3.05) is 0 Å². The van der Waals surface area contributed by atoms with E-state index in [0.29, 0.717) is 10.2 Å². The Balaban J connectivity index is 0. The third-order valence-electron chi connectivity index (χ3n) is 0. The Morgan fingerprint density at radius 1 is 1.25 bits per heavy atom. The fourth-order valence-electron chi connectivity index (χ4n) is 0. The summed E-state index contributed by atoms with van der Waals surface area (Å²) in [5, 5.41) is 0. The molecule has 0 N–H and O–H groups in total. The van der Waals surface area contributed by atoms with Crippen LogP contribution in [0, 0.1) is 0 Å². The zero-order valence-electron chi connectivity index (χ0n) is 1.57. The summed E-state index contributed by atoms with van der Waals surface area (Å²) in [5.41, 5.74) is 0. The van der Waals surface area contributed by atoms with Crippen molar-refractivity contribution in [2.24, 2.45) is 0 Å². The van der Waals surface area contributed by atoms with E-state index in [4.69, 9.17) is 0 Å². The maximum absolute atomic E-state index is 4.68. The first-order valence-electron chi connectivity index (χ1n) is 0.309. The third kappa shape index (κ3) is 9.40. The van der Waals surface area contributed by atoms with Crippen molar-refractivity contribution in [2.45, 2.75) is 0 Å². The molecular formula is HCl2IS. The quantitative estimate of drug-likeness (QED) is 0.577. The van der Waals surface area contributed by atoms with Crippen LogP contribution in [0.25, 0.3) is 0 Å². The number of hydrogen-bond donors (Lipinski definition) is 0. The molecule has 0 saturated carbocycles. The van der Waals surface area contributed by atoms with Crippen LogP contribution in [0.1, 0.15) is 0 Å². The smallest absolute Gasteiger partial charge is 0.0523 e. The van der Waals surface area contributed by atoms with E-state index >= 15 is 0 Å². The van der Waals surface area contributed by atoms with E-state index in [1.807, 2.05) is 0 Å². The molecule has 0 spiro atoms. The van der Waals surface area contributed by atoms with Gasteiger partial charge in [0.25, 0.3) is 0 Å². The van der Waals surface area contributed by atoms with Crippen LogP contribution < -0.4 is 0 Å². The van der Waals surface area contributed by atoms with Crippen LogP contribution in [0.15, 0.2) is 0 Å². The van der Waals surface area contributed by atoms with Gasteiger partial charge >= 0.3 is 0 Å². The minimum absolute atomic E-state index is 0. The second-order valence-corrected chi connectivity index (χ2v) is 1.57. The first kappa shape index (κ1) is 9.18. The average Bonchev–Trinajstić information content (AvgIpc) is 0.918. The molecule has 0 aliphatic heterocycles. The van der Waals surface area contributed by atoms with Crippen molar-refractivity contribution in [3.05, 3.63) is 0 Å². The molecule has 0 fully saturated rings. The molecular weight excluding hydrogens is 230 g/mol. The normalized spacial score (nSPS) is 4.50. The fraction of sp³-hybridized carbons (Fsp3) is 0. The first-order valence-corrected chi connectivity index (χ1v) is 2.78. The summed E-state index contributed by atoms with van der Waals surface area (Å²) < 4.78 is 0. The Morgan fingerprint density at radius 3 is 1.25 bits per heavy atom. The average molecular weight is 231 g/mol. The highest BCUT2D eigenvalue weighted by atomic mass is 127. The van der Waals surface area contributed by atoms with Crippen molar-refractivity contribution < 1.29 is 0 Å². The Bertz CT molecular complexity index is 6.00. The van der Waals surface area contributed by atoms with Gasteiger partial charge in [0.05, 0.1) is 10.2 Å². The molecule has 0 aromatic heterocycles. The number of hydrogen-bond acceptors (Lipinski definition) is 1. The van der Waals surface area contributed by atoms with Gasteiger partial charge in [0.1, 0.15) is 0 Å². The van der Waals surface area contributed by atoms with Crippen molar-refractivity contribution in [3.8, 4) is 0 Å². The van der Waals surface area contributed by atoms with Crippen LogP contribution in [0.4, 0.5) is 0 Å². The Hall–Kier alpha value is 1.66. The lowest BCUT2D eigenvalue weighted by Crippen LogP contribution is -0.745. The van der Waals surface area contributed by atoms with Crippen LogP contribution in [0.5, 0.6) is 0 Å². The molecule has 0 unspecified atom stereocenters. The van der Waals surface area contributed by atoms with Crippen LogP contribution in [0.3, 0.4) is 0 Å². The van der Waals surface area contributed by atoms with Gasteiger partial charge in [-0.05, 0) is 21.4 Å². The maximum Gasteiger partial charge on any atom is 0.0523 e. The van der Waals surface area contributed by atoms with E-state index in [2.05, 4.69) is 21.4 Å². The Morgan fingerprint density at radius 2 is 1.25 bits per heavy atom. The summed E-state index contributed by atoms with van der Waals surface area (Å²) >= 11 is 0. The highest BCUT2D eigenvalue weighted by Gasteiger charge is 1.43. The molecule has 0 nitrogen and oxygen atoms in total. The molecule has 0 radical (unpaired) electrons. The van der Waals surface area contributed by atoms with Gasteiger partial charge in [0, 0.05) is 0 Å². The van der Waals surface area contributed by atoms with Crippen LogP contribution >= 0.6 is 55.5 Å². The maximum atomic E-state index is 4.68. The van der Waals surface area contributed by atoms with Gasteiger partial charge in [-0.25, -0.2) is 0 Å². The summed E-state index contributed by atoms with van der Waals surface area (Å²) in [6.07, 6.45) is 0. The molecule has 0 aromatic carbocycles. The zero-order valence-corrected chi connectivity index (χ0v) is 6.23.